The van der Waals surface area contributed by atoms with Crippen molar-refractivity contribution in [2.75, 3.05) is 18.0 Å². The number of benzene rings is 6. The van der Waals surface area contributed by atoms with Gasteiger partial charge in [0.15, 0.2) is 5.71 Å². The molecule has 0 N–H and O–H groups in total. The van der Waals surface area contributed by atoms with Gasteiger partial charge in [0.2, 0.25) is 5.69 Å². The first-order valence-corrected chi connectivity index (χ1v) is 26.8. The van der Waals surface area contributed by atoms with Crippen molar-refractivity contribution in [3.05, 3.63) is 223 Å². The van der Waals surface area contributed by atoms with Gasteiger partial charge in [-0.2, -0.15) is 26.4 Å². The Morgan fingerprint density at radius 3 is 1.85 bits per heavy atom. The van der Waals surface area contributed by atoms with Gasteiger partial charge in [0.1, 0.15) is 12.7 Å². The zero-order chi connectivity index (χ0) is 47.6. The van der Waals surface area contributed by atoms with Crippen LogP contribution in [0.2, 0.25) is 0 Å². The van der Waals surface area contributed by atoms with Crippen molar-refractivity contribution in [1.82, 2.24) is 0 Å². The molecule has 0 radical (unpaired) electrons. The molecule has 6 aromatic carbocycles. The summed E-state index contributed by atoms with van der Waals surface area (Å²) in [6.45, 7) is 16.0. The summed E-state index contributed by atoms with van der Waals surface area (Å²) in [6, 6.07) is 56.5. The molecule has 6 heteroatoms. The third-order valence-electron chi connectivity index (χ3n) is 15.4. The van der Waals surface area contributed by atoms with Crippen LogP contribution >= 0.6 is 43.5 Å². The van der Waals surface area contributed by atoms with Crippen LogP contribution in [0.15, 0.2) is 207 Å². The molecule has 68 heavy (non-hydrogen) atoms. The number of unbranched alkanes of at least 4 members (excludes halogenated alkanes) is 2. The van der Waals surface area contributed by atoms with Crippen LogP contribution in [0, 0.1) is 0 Å². The summed E-state index contributed by atoms with van der Waals surface area (Å²) in [5, 5.41) is 0.856. The van der Waals surface area contributed by atoms with E-state index in [2.05, 4.69) is 259 Å². The van der Waals surface area contributed by atoms with Gasteiger partial charge in [0, 0.05) is 67.4 Å². The Morgan fingerprint density at radius 2 is 1.24 bits per heavy atom. The maximum absolute atomic E-state index is 8.07. The van der Waals surface area contributed by atoms with E-state index in [1.54, 1.807) is 0 Å². The van der Waals surface area contributed by atoms with Gasteiger partial charge in [-0.25, -0.2) is 0 Å². The Morgan fingerprint density at radius 1 is 0.662 bits per heavy atom. The molecule has 0 fully saturated rings. The molecule has 3 aliphatic rings. The topological polar surface area (TPSA) is 6.25 Å². The number of nitrogens with zero attached hydrogens (tertiary/aromatic N) is 2. The van der Waals surface area contributed by atoms with Crippen molar-refractivity contribution in [3.63, 3.8) is 0 Å². The number of rotatable bonds is 14. The van der Waals surface area contributed by atoms with Crippen molar-refractivity contribution < 1.29 is 4.58 Å². The van der Waals surface area contributed by atoms with Crippen molar-refractivity contribution >= 4 is 88.5 Å². The zero-order valence-corrected chi connectivity index (χ0v) is 44.5. The molecule has 1 atom stereocenters. The van der Waals surface area contributed by atoms with Gasteiger partial charge in [0.05, 0.1) is 5.41 Å². The van der Waals surface area contributed by atoms with Gasteiger partial charge in [0.25, 0.3) is 0 Å². The fourth-order valence-electron chi connectivity index (χ4n) is 11.9. The van der Waals surface area contributed by atoms with Crippen LogP contribution in [0.25, 0.3) is 0 Å². The zero-order valence-electron chi connectivity index (χ0n) is 40.6. The lowest BCUT2D eigenvalue weighted by molar-refractivity contribution is -0.438. The lowest BCUT2D eigenvalue weighted by Crippen LogP contribution is -2.75. The highest BCUT2D eigenvalue weighted by Gasteiger charge is 2.45. The van der Waals surface area contributed by atoms with Crippen molar-refractivity contribution in [1.29, 1.82) is 0 Å². The van der Waals surface area contributed by atoms with Crippen molar-refractivity contribution in [3.8, 4) is 0 Å². The van der Waals surface area contributed by atoms with Gasteiger partial charge in [-0.1, -0.05) is 217 Å². The Bertz CT molecular complexity index is 2870. The van der Waals surface area contributed by atoms with E-state index in [1.807, 2.05) is 0 Å². The summed E-state index contributed by atoms with van der Waals surface area (Å²) < 4.78 is 4.78. The van der Waals surface area contributed by atoms with Gasteiger partial charge >= 0.3 is 0 Å². The Kier molecular flexibility index (Phi) is 14.3. The van der Waals surface area contributed by atoms with Gasteiger partial charge in [-0.15, -0.1) is 0 Å². The van der Waals surface area contributed by atoms with E-state index in [4.69, 9.17) is 11.6 Å². The highest BCUT2D eigenvalue weighted by atomic mass is 79.9. The molecule has 2 heterocycles. The maximum Gasteiger partial charge on any atom is 0.209 e. The van der Waals surface area contributed by atoms with Crippen LogP contribution in [-0.4, -0.2) is 29.5 Å². The molecule has 0 saturated heterocycles. The molecule has 6 aromatic rings. The number of anilines is 1. The largest absolute Gasteiger partial charge is 0.344 e. The second-order valence-corrected chi connectivity index (χ2v) is 22.3. The van der Waals surface area contributed by atoms with Crippen LogP contribution in [-0.2, 0) is 10.8 Å². The summed E-state index contributed by atoms with van der Waals surface area (Å²) in [5.74, 6) is 0.0356. The first kappa shape index (κ1) is 48.1. The van der Waals surface area contributed by atoms with E-state index >= 15 is 0 Å². The number of halogens is 3. The number of hydrogen-bond donors (Lipinski definition) is 0. The average Bonchev–Trinajstić information content (AvgIpc) is 3.69. The smallest absolute Gasteiger partial charge is 0.209 e. The third kappa shape index (κ3) is 8.71. The Balaban J connectivity index is 1.26. The van der Waals surface area contributed by atoms with E-state index < -0.39 is 6.15 Å². The third-order valence-corrected chi connectivity index (χ3v) is 16.8. The molecule has 2 aliphatic heterocycles. The molecule has 0 amide bonds. The minimum absolute atomic E-state index is 0.0356. The van der Waals surface area contributed by atoms with E-state index in [1.165, 1.54) is 72.5 Å². The molecule has 0 spiro atoms. The summed E-state index contributed by atoms with van der Waals surface area (Å²) in [6.07, 6.45) is 14.2. The summed E-state index contributed by atoms with van der Waals surface area (Å²) >= 11 is 15.7. The second kappa shape index (κ2) is 20.2. The highest BCUT2D eigenvalue weighted by molar-refractivity contribution is 9.10. The molecular weight excluding hydrogens is 979 g/mol. The first-order chi connectivity index (χ1) is 32.9. The standard InChI is InChI=1S/C62H64BBr2ClN2/c1-7-9-40-67-56-36-32-48(64)42-53(56)61(3,4)58(67)38-31-44-30-34-50(52(60(44)66)35-39-59-62(5,6)54-43-49(65)33-37-57(54)68(59)41-10-8-2)51-28-20-21-29-55(51)63(45-22-14-11-15-23-45,46-24-16-12-17-25-46)47-26-18-13-19-27-47/h11-29,31-33,35-39,42-43,50H,7-10,30,34,40-41H2,1-6H3. The lowest BCUT2D eigenvalue weighted by Gasteiger charge is -2.47. The fraction of sp³-hybridized carbons (Fsp3) is 0.274. The molecule has 2 nitrogen and oxygen atoms in total. The predicted molar refractivity (Wildman–Crippen MR) is 302 cm³/mol. The minimum atomic E-state index is -1.63. The first-order valence-electron chi connectivity index (χ1n) is 24.9. The van der Waals surface area contributed by atoms with Gasteiger partial charge in [-0.05, 0) is 86.2 Å². The fourth-order valence-corrected chi connectivity index (χ4v) is 13.0. The quantitative estimate of drug-likeness (QED) is 0.0778. The molecule has 0 bridgehead atoms. The van der Waals surface area contributed by atoms with E-state index in [0.717, 1.165) is 65.6 Å². The lowest BCUT2D eigenvalue weighted by atomic mass is 9.12. The molecule has 9 rings (SSSR count). The predicted octanol–water partition coefficient (Wildman–Crippen LogP) is 14.8. The van der Waals surface area contributed by atoms with Crippen molar-refractivity contribution in [2.24, 2.45) is 0 Å². The van der Waals surface area contributed by atoms with E-state index in [0.29, 0.717) is 0 Å². The maximum atomic E-state index is 8.07. The minimum Gasteiger partial charge on any atom is -0.344 e. The van der Waals surface area contributed by atoms with Crippen molar-refractivity contribution in [2.45, 2.75) is 96.8 Å². The summed E-state index contributed by atoms with van der Waals surface area (Å²) in [7, 11) is 0. The van der Waals surface area contributed by atoms with Crippen LogP contribution in [0.3, 0.4) is 0 Å². The van der Waals surface area contributed by atoms with Gasteiger partial charge < -0.3 is 4.90 Å². The Hall–Kier alpha value is -4.94. The summed E-state index contributed by atoms with van der Waals surface area (Å²) in [5.41, 5.74) is 16.5. The summed E-state index contributed by atoms with van der Waals surface area (Å²) in [4.78, 5) is 2.57. The SMILES string of the molecule is CCCCN1C(=CC=C2C(Cl)=C(C=CC3=[N+](CCCC)c4ccc(Br)cc4C3(C)C)CCC2c2ccccc2[B-](c2ccccc2)(c2ccccc2)c2ccccc2)C(C)(C)c2cc(Br)ccc21. The van der Waals surface area contributed by atoms with Crippen LogP contribution in [0.4, 0.5) is 11.4 Å². The molecule has 0 saturated carbocycles. The van der Waals surface area contributed by atoms with Crippen LogP contribution in [0.1, 0.15) is 103 Å². The van der Waals surface area contributed by atoms with E-state index in [-0.39, 0.29) is 16.7 Å². The Labute approximate surface area is 428 Å². The molecule has 0 aromatic heterocycles. The van der Waals surface area contributed by atoms with Gasteiger partial charge in [-0.3, -0.25) is 0 Å². The monoisotopic (exact) mass is 1040 g/mol. The molecule has 1 aliphatic carbocycles. The number of fused-ring (bicyclic) bond motifs is 2. The molecule has 1 unspecified atom stereocenters. The highest BCUT2D eigenvalue weighted by Crippen LogP contribution is 2.50. The van der Waals surface area contributed by atoms with Crippen LogP contribution in [0.5, 0.6) is 0 Å². The molecular formula is C62H64BBr2ClN2. The van der Waals surface area contributed by atoms with Crippen LogP contribution < -0.4 is 26.8 Å². The average molecular weight is 1040 g/mol. The molecule has 346 valence electrons. The second-order valence-electron chi connectivity index (χ2n) is 20.1. The normalized spacial score (nSPS) is 18.8. The number of allylic oxidation sites excluding steroid dienone is 8. The number of hydrogen-bond acceptors (Lipinski definition) is 1. The van der Waals surface area contributed by atoms with E-state index in [9.17, 15) is 0 Å².